The highest BCUT2D eigenvalue weighted by molar-refractivity contribution is 5.82. The Morgan fingerprint density at radius 3 is 2.57 bits per heavy atom. The zero-order chi connectivity index (χ0) is 31.8. The van der Waals surface area contributed by atoms with Crippen LogP contribution in [0.1, 0.15) is 69.5 Å². The number of carbonyl (C=O) groups is 1. The minimum Gasteiger partial charge on any atom is -0.490 e. The lowest BCUT2D eigenvalue weighted by Crippen LogP contribution is -2.31. The third-order valence-electron chi connectivity index (χ3n) is 7.74. The molecule has 0 radical (unpaired) electrons. The van der Waals surface area contributed by atoms with E-state index < -0.39 is 23.5 Å². The first-order valence-electron chi connectivity index (χ1n) is 15.1. The number of hydrogen-bond acceptors (Lipinski definition) is 7. The van der Waals surface area contributed by atoms with Crippen LogP contribution in [0.25, 0.3) is 16.9 Å². The number of benzene rings is 2. The molecule has 44 heavy (non-hydrogen) atoms. The molecule has 5 rings (SSSR count). The maximum atomic E-state index is 15.6. The fourth-order valence-corrected chi connectivity index (χ4v) is 5.57. The van der Waals surface area contributed by atoms with Crippen LogP contribution >= 0.6 is 0 Å². The number of anilines is 1. The molecule has 0 fully saturated rings. The normalized spacial score (nSPS) is 14.7. The summed E-state index contributed by atoms with van der Waals surface area (Å²) in [6, 6.07) is 12.9. The third kappa shape index (κ3) is 6.50. The van der Waals surface area contributed by atoms with Gasteiger partial charge in [0.15, 0.2) is 29.1 Å². The fraction of sp³-hybridized carbons (Fsp3) is 0.441. The van der Waals surface area contributed by atoms with Crippen LogP contribution in [0.4, 0.5) is 10.2 Å². The smallest absolute Gasteiger partial charge is 0.337 e. The van der Waals surface area contributed by atoms with Gasteiger partial charge in [0.05, 0.1) is 24.4 Å². The molecule has 234 valence electrons. The van der Waals surface area contributed by atoms with E-state index in [0.717, 1.165) is 23.3 Å². The van der Waals surface area contributed by atoms with Crippen molar-refractivity contribution >= 4 is 17.4 Å². The van der Waals surface area contributed by atoms with Gasteiger partial charge in [0.1, 0.15) is 11.9 Å². The Bertz CT molecular complexity index is 1660. The van der Waals surface area contributed by atoms with Gasteiger partial charge in [0, 0.05) is 28.5 Å². The molecule has 0 aliphatic carbocycles. The lowest BCUT2D eigenvalue weighted by molar-refractivity contribution is -0.160. The van der Waals surface area contributed by atoms with Gasteiger partial charge in [-0.1, -0.05) is 32.0 Å². The maximum Gasteiger partial charge on any atom is 0.337 e. The summed E-state index contributed by atoms with van der Waals surface area (Å²) in [5, 5.41) is 18.6. The average molecular weight is 605 g/mol. The third-order valence-corrected chi connectivity index (χ3v) is 7.74. The molecule has 0 bridgehead atoms. The van der Waals surface area contributed by atoms with Gasteiger partial charge in [-0.3, -0.25) is 0 Å². The van der Waals surface area contributed by atoms with Gasteiger partial charge >= 0.3 is 5.97 Å². The number of hydrogen-bond donors (Lipinski definition) is 2. The predicted molar refractivity (Wildman–Crippen MR) is 167 cm³/mol. The summed E-state index contributed by atoms with van der Waals surface area (Å²) < 4.78 is 35.2. The van der Waals surface area contributed by atoms with E-state index in [1.807, 2.05) is 37.3 Å². The van der Waals surface area contributed by atoms with Crippen molar-refractivity contribution in [2.24, 2.45) is 5.92 Å². The van der Waals surface area contributed by atoms with Crippen LogP contribution in [-0.4, -0.2) is 50.5 Å². The van der Waals surface area contributed by atoms with E-state index in [-0.39, 0.29) is 17.8 Å². The molecule has 0 spiro atoms. The zero-order valence-corrected chi connectivity index (χ0v) is 26.4. The highest BCUT2D eigenvalue weighted by Gasteiger charge is 2.34. The van der Waals surface area contributed by atoms with E-state index in [4.69, 9.17) is 24.3 Å². The van der Waals surface area contributed by atoms with Crippen molar-refractivity contribution in [3.05, 3.63) is 70.7 Å². The molecule has 2 N–H and O–H groups in total. The Hall–Kier alpha value is -4.18. The van der Waals surface area contributed by atoms with E-state index in [9.17, 15) is 9.90 Å². The molecule has 2 atom stereocenters. The van der Waals surface area contributed by atoms with E-state index in [2.05, 4.69) is 19.2 Å². The summed E-state index contributed by atoms with van der Waals surface area (Å²) in [6.45, 7) is 14.1. The number of aryl methyl sites for hydroxylation is 1. The molecule has 4 aromatic rings. The molecule has 3 heterocycles. The van der Waals surface area contributed by atoms with Crippen LogP contribution in [0.15, 0.2) is 42.5 Å². The minimum atomic E-state index is -1.37. The first kappa shape index (κ1) is 31.3. The van der Waals surface area contributed by atoms with Crippen molar-refractivity contribution in [1.82, 2.24) is 14.6 Å². The number of aliphatic carboxylic acids is 1. The number of ether oxygens (including phenoxy) is 3. The summed E-state index contributed by atoms with van der Waals surface area (Å²) in [4.78, 5) is 17.5. The molecular formula is C34H41FN4O5. The Balaban J connectivity index is 1.65. The van der Waals surface area contributed by atoms with Gasteiger partial charge in [0.2, 0.25) is 0 Å². The number of nitrogens with one attached hydrogen (secondary N) is 1. The molecule has 0 amide bonds. The largest absolute Gasteiger partial charge is 0.490 e. The zero-order valence-electron chi connectivity index (χ0n) is 26.4. The summed E-state index contributed by atoms with van der Waals surface area (Å²) in [7, 11) is 0. The van der Waals surface area contributed by atoms with E-state index in [1.165, 1.54) is 6.07 Å². The number of carboxylic acid groups (broad SMARTS) is 1. The van der Waals surface area contributed by atoms with Crippen molar-refractivity contribution in [3.8, 4) is 22.8 Å². The number of rotatable bonds is 10. The lowest BCUT2D eigenvalue weighted by atomic mass is 9.91. The highest BCUT2D eigenvalue weighted by atomic mass is 19.1. The number of aromatic nitrogens is 3. The predicted octanol–water partition coefficient (Wildman–Crippen LogP) is 6.93. The Morgan fingerprint density at radius 1 is 1.18 bits per heavy atom. The lowest BCUT2D eigenvalue weighted by Gasteiger charge is -2.28. The quantitative estimate of drug-likeness (QED) is 0.201. The molecule has 0 saturated carbocycles. The second kappa shape index (κ2) is 12.4. The van der Waals surface area contributed by atoms with Crippen LogP contribution < -0.4 is 14.8 Å². The van der Waals surface area contributed by atoms with Crippen molar-refractivity contribution in [3.63, 3.8) is 0 Å². The summed E-state index contributed by atoms with van der Waals surface area (Å²) in [5.74, 6) is 0.0913. The monoisotopic (exact) mass is 604 g/mol. The molecule has 2 aromatic carbocycles. The van der Waals surface area contributed by atoms with Crippen LogP contribution in [0.3, 0.4) is 0 Å². The second-order valence-electron chi connectivity index (χ2n) is 12.6. The van der Waals surface area contributed by atoms with Crippen LogP contribution in [0, 0.1) is 25.6 Å². The molecular weight excluding hydrogens is 563 g/mol. The molecule has 9 nitrogen and oxygen atoms in total. The molecule has 1 aliphatic heterocycles. The standard InChI is InChI=1S/C34H41FN4O5/c1-19(2)26(43-22-12-9-8-10-13-22)18-36-27-17-28-37-21(4)29(32(33(40)41)44-34(5,6)7)30(39(28)38-27)24-16-25(35)31-23(20(24)3)14-11-15-42-31/h8-10,12-13,16-17,19,26,32H,11,14-15,18H2,1-7H3,(H,36,38)(H,40,41)/t26?,32-/m0/s1. The number of nitrogens with zero attached hydrogens (tertiary/aromatic N) is 3. The van der Waals surface area contributed by atoms with Crippen molar-refractivity contribution in [1.29, 1.82) is 0 Å². The maximum absolute atomic E-state index is 15.6. The van der Waals surface area contributed by atoms with Gasteiger partial charge in [-0.15, -0.1) is 5.10 Å². The number of fused-ring (bicyclic) bond motifs is 2. The summed E-state index contributed by atoms with van der Waals surface area (Å²) >= 11 is 0. The van der Waals surface area contributed by atoms with Crippen molar-refractivity contribution < 1.29 is 28.5 Å². The van der Waals surface area contributed by atoms with Gasteiger partial charge in [-0.25, -0.2) is 18.7 Å². The van der Waals surface area contributed by atoms with Crippen LogP contribution in [-0.2, 0) is 16.0 Å². The van der Waals surface area contributed by atoms with Crippen molar-refractivity contribution in [2.45, 2.75) is 79.1 Å². The van der Waals surface area contributed by atoms with Crippen LogP contribution in [0.2, 0.25) is 0 Å². The van der Waals surface area contributed by atoms with E-state index in [0.29, 0.717) is 53.6 Å². The minimum absolute atomic E-state index is 0.152. The van der Waals surface area contributed by atoms with Crippen LogP contribution in [0.5, 0.6) is 11.5 Å². The molecule has 1 unspecified atom stereocenters. The van der Waals surface area contributed by atoms with Gasteiger partial charge in [-0.05, 0) is 77.1 Å². The van der Waals surface area contributed by atoms with Gasteiger partial charge in [-0.2, -0.15) is 0 Å². The van der Waals surface area contributed by atoms with Gasteiger partial charge in [0.25, 0.3) is 0 Å². The SMILES string of the molecule is Cc1nc2cc(NCC(Oc3ccccc3)C(C)C)nn2c(-c2cc(F)c3c(c2C)CCCO3)c1[C@H](OC(C)(C)C)C(=O)O. The van der Waals surface area contributed by atoms with E-state index >= 15 is 4.39 Å². The van der Waals surface area contributed by atoms with E-state index in [1.54, 1.807) is 38.3 Å². The van der Waals surface area contributed by atoms with Gasteiger partial charge < -0.3 is 24.6 Å². The second-order valence-corrected chi connectivity index (χ2v) is 12.6. The van der Waals surface area contributed by atoms with Crippen molar-refractivity contribution in [2.75, 3.05) is 18.5 Å². The Morgan fingerprint density at radius 2 is 1.91 bits per heavy atom. The fourth-order valence-electron chi connectivity index (χ4n) is 5.57. The highest BCUT2D eigenvalue weighted by Crippen LogP contribution is 2.41. The Kier molecular flexibility index (Phi) is 8.83. The Labute approximate surface area is 257 Å². The number of para-hydroxylation sites is 1. The molecule has 2 aromatic heterocycles. The number of halogens is 1. The number of carboxylic acids is 1. The molecule has 10 heteroatoms. The topological polar surface area (TPSA) is 107 Å². The summed E-state index contributed by atoms with van der Waals surface area (Å²) in [6.07, 6.45) is -0.113. The first-order chi connectivity index (χ1) is 20.8. The first-order valence-corrected chi connectivity index (χ1v) is 15.1. The average Bonchev–Trinajstić information content (AvgIpc) is 3.37. The molecule has 0 saturated heterocycles. The molecule has 1 aliphatic rings. The summed E-state index contributed by atoms with van der Waals surface area (Å²) in [5.41, 5.74) is 2.99.